The SMILES string of the molecule is Cn1cccc1-c1cc(N)no1. The predicted octanol–water partition coefficient (Wildman–Crippen LogP) is 1.26. The van der Waals surface area contributed by atoms with Gasteiger partial charge in [0.2, 0.25) is 0 Å². The van der Waals surface area contributed by atoms with Crippen molar-refractivity contribution < 1.29 is 4.52 Å². The van der Waals surface area contributed by atoms with Gasteiger partial charge >= 0.3 is 0 Å². The van der Waals surface area contributed by atoms with Crippen molar-refractivity contribution in [2.24, 2.45) is 7.05 Å². The first-order valence-electron chi connectivity index (χ1n) is 3.61. The summed E-state index contributed by atoms with van der Waals surface area (Å²) < 4.78 is 6.94. The second-order valence-electron chi connectivity index (χ2n) is 2.62. The summed E-state index contributed by atoms with van der Waals surface area (Å²) in [7, 11) is 1.94. The van der Waals surface area contributed by atoms with E-state index in [9.17, 15) is 0 Å². The van der Waals surface area contributed by atoms with Crippen molar-refractivity contribution in [3.63, 3.8) is 0 Å². The third-order valence-electron chi connectivity index (χ3n) is 1.72. The Bertz CT molecular complexity index is 388. The Balaban J connectivity index is 2.50. The van der Waals surface area contributed by atoms with Gasteiger partial charge in [-0.25, -0.2) is 0 Å². The fourth-order valence-electron chi connectivity index (χ4n) is 1.13. The molecule has 0 aliphatic carbocycles. The van der Waals surface area contributed by atoms with E-state index in [1.807, 2.05) is 29.9 Å². The fourth-order valence-corrected chi connectivity index (χ4v) is 1.13. The molecule has 0 unspecified atom stereocenters. The minimum Gasteiger partial charge on any atom is -0.381 e. The predicted molar refractivity (Wildman–Crippen MR) is 45.3 cm³/mol. The number of nitrogens with two attached hydrogens (primary N) is 1. The standard InChI is InChI=1S/C8H9N3O/c1-11-4-2-3-6(11)7-5-8(9)10-12-7/h2-5H,1H3,(H2,9,10). The molecule has 0 fully saturated rings. The Labute approximate surface area is 69.6 Å². The molecule has 0 spiro atoms. The van der Waals surface area contributed by atoms with Crippen molar-refractivity contribution in [2.45, 2.75) is 0 Å². The van der Waals surface area contributed by atoms with Crippen LogP contribution in [0.5, 0.6) is 0 Å². The molecular formula is C8H9N3O. The number of aryl methyl sites for hydroxylation is 1. The molecule has 2 heterocycles. The van der Waals surface area contributed by atoms with E-state index in [0.29, 0.717) is 11.6 Å². The number of nitrogen functional groups attached to an aromatic ring is 1. The Kier molecular flexibility index (Phi) is 1.40. The van der Waals surface area contributed by atoms with Gasteiger partial charge in [-0.05, 0) is 12.1 Å². The summed E-state index contributed by atoms with van der Waals surface area (Å²) in [6.07, 6.45) is 1.94. The lowest BCUT2D eigenvalue weighted by molar-refractivity contribution is 0.433. The third kappa shape index (κ3) is 0.972. The van der Waals surface area contributed by atoms with Gasteiger partial charge in [-0.1, -0.05) is 5.16 Å². The lowest BCUT2D eigenvalue weighted by atomic mass is 10.3. The van der Waals surface area contributed by atoms with Crippen LogP contribution in [-0.2, 0) is 7.05 Å². The maximum Gasteiger partial charge on any atom is 0.185 e. The molecule has 4 heteroatoms. The fraction of sp³-hybridized carbons (Fsp3) is 0.125. The molecule has 2 rings (SSSR count). The zero-order valence-corrected chi connectivity index (χ0v) is 6.69. The summed E-state index contributed by atoms with van der Waals surface area (Å²) in [5.41, 5.74) is 6.39. The van der Waals surface area contributed by atoms with Crippen LogP contribution in [0.25, 0.3) is 11.5 Å². The molecule has 0 atom stereocenters. The second-order valence-corrected chi connectivity index (χ2v) is 2.62. The first-order chi connectivity index (χ1) is 5.77. The van der Waals surface area contributed by atoms with Crippen molar-refractivity contribution in [3.05, 3.63) is 24.4 Å². The summed E-state index contributed by atoms with van der Waals surface area (Å²) in [6, 6.07) is 5.59. The van der Waals surface area contributed by atoms with Crippen LogP contribution in [-0.4, -0.2) is 9.72 Å². The monoisotopic (exact) mass is 163 g/mol. The first kappa shape index (κ1) is 6.97. The second kappa shape index (κ2) is 2.41. The first-order valence-corrected chi connectivity index (χ1v) is 3.61. The maximum absolute atomic E-state index is 5.42. The van der Waals surface area contributed by atoms with E-state index in [-0.39, 0.29) is 0 Å². The largest absolute Gasteiger partial charge is 0.381 e. The molecule has 0 radical (unpaired) electrons. The van der Waals surface area contributed by atoms with Crippen LogP contribution >= 0.6 is 0 Å². The quantitative estimate of drug-likeness (QED) is 0.688. The van der Waals surface area contributed by atoms with Gasteiger partial charge in [0.1, 0.15) is 0 Å². The zero-order chi connectivity index (χ0) is 8.55. The highest BCUT2D eigenvalue weighted by molar-refractivity contribution is 5.56. The Morgan fingerprint density at radius 2 is 2.42 bits per heavy atom. The highest BCUT2D eigenvalue weighted by Crippen LogP contribution is 2.20. The molecule has 4 nitrogen and oxygen atoms in total. The van der Waals surface area contributed by atoms with E-state index in [1.54, 1.807) is 6.07 Å². The molecule has 62 valence electrons. The highest BCUT2D eigenvalue weighted by Gasteiger charge is 2.06. The number of aromatic nitrogens is 2. The average Bonchev–Trinajstić information content (AvgIpc) is 2.58. The van der Waals surface area contributed by atoms with Crippen molar-refractivity contribution in [1.29, 1.82) is 0 Å². The molecule has 0 aromatic carbocycles. The Morgan fingerprint density at radius 3 is 2.92 bits per heavy atom. The van der Waals surface area contributed by atoms with Gasteiger partial charge in [-0.15, -0.1) is 0 Å². The maximum atomic E-state index is 5.42. The van der Waals surface area contributed by atoms with Gasteiger partial charge in [-0.3, -0.25) is 0 Å². The molecule has 0 aliphatic heterocycles. The van der Waals surface area contributed by atoms with Crippen LogP contribution in [0.15, 0.2) is 28.9 Å². The van der Waals surface area contributed by atoms with Crippen molar-refractivity contribution >= 4 is 5.82 Å². The third-order valence-corrected chi connectivity index (χ3v) is 1.72. The molecule has 0 aliphatic rings. The minimum absolute atomic E-state index is 0.409. The topological polar surface area (TPSA) is 57.0 Å². The molecule has 2 N–H and O–H groups in total. The van der Waals surface area contributed by atoms with Gasteiger partial charge in [-0.2, -0.15) is 0 Å². The van der Waals surface area contributed by atoms with Gasteiger partial charge in [0.25, 0.3) is 0 Å². The van der Waals surface area contributed by atoms with Crippen LogP contribution < -0.4 is 5.73 Å². The summed E-state index contributed by atoms with van der Waals surface area (Å²) >= 11 is 0. The zero-order valence-electron chi connectivity index (χ0n) is 6.69. The summed E-state index contributed by atoms with van der Waals surface area (Å²) in [4.78, 5) is 0. The molecule has 0 saturated heterocycles. The molecule has 12 heavy (non-hydrogen) atoms. The smallest absolute Gasteiger partial charge is 0.185 e. The van der Waals surface area contributed by atoms with Gasteiger partial charge in [0.05, 0.1) is 5.69 Å². The van der Waals surface area contributed by atoms with Crippen molar-refractivity contribution in [1.82, 2.24) is 9.72 Å². The molecule has 0 bridgehead atoms. The molecule has 2 aromatic rings. The van der Waals surface area contributed by atoms with Crippen LogP contribution in [0.4, 0.5) is 5.82 Å². The molecule has 0 amide bonds. The van der Waals surface area contributed by atoms with Gasteiger partial charge in [0, 0.05) is 19.3 Å². The number of nitrogens with zero attached hydrogens (tertiary/aromatic N) is 2. The number of rotatable bonds is 1. The lowest BCUT2D eigenvalue weighted by Crippen LogP contribution is -1.86. The highest BCUT2D eigenvalue weighted by atomic mass is 16.5. The minimum atomic E-state index is 0.409. The average molecular weight is 163 g/mol. The molecule has 0 saturated carbocycles. The van der Waals surface area contributed by atoms with Crippen LogP contribution in [0.1, 0.15) is 0 Å². The van der Waals surface area contributed by atoms with Crippen molar-refractivity contribution in [3.8, 4) is 11.5 Å². The summed E-state index contributed by atoms with van der Waals surface area (Å²) in [5.74, 6) is 1.10. The summed E-state index contributed by atoms with van der Waals surface area (Å²) in [6.45, 7) is 0. The van der Waals surface area contributed by atoms with E-state index in [2.05, 4.69) is 5.16 Å². The summed E-state index contributed by atoms with van der Waals surface area (Å²) in [5, 5.41) is 3.60. The van der Waals surface area contributed by atoms with Crippen LogP contribution in [0.2, 0.25) is 0 Å². The van der Waals surface area contributed by atoms with Gasteiger partial charge in [0.15, 0.2) is 11.6 Å². The number of hydrogen-bond donors (Lipinski definition) is 1. The number of anilines is 1. The van der Waals surface area contributed by atoms with Crippen molar-refractivity contribution in [2.75, 3.05) is 5.73 Å². The normalized spacial score (nSPS) is 10.4. The van der Waals surface area contributed by atoms with E-state index in [1.165, 1.54) is 0 Å². The lowest BCUT2D eigenvalue weighted by Gasteiger charge is -1.95. The van der Waals surface area contributed by atoms with Crippen LogP contribution in [0.3, 0.4) is 0 Å². The number of hydrogen-bond acceptors (Lipinski definition) is 3. The molecule has 2 aromatic heterocycles. The van der Waals surface area contributed by atoms with E-state index < -0.39 is 0 Å². The van der Waals surface area contributed by atoms with Gasteiger partial charge < -0.3 is 14.8 Å². The van der Waals surface area contributed by atoms with Crippen LogP contribution in [0, 0.1) is 0 Å². The Morgan fingerprint density at radius 1 is 1.58 bits per heavy atom. The van der Waals surface area contributed by atoms with E-state index in [0.717, 1.165) is 5.69 Å². The van der Waals surface area contributed by atoms with E-state index in [4.69, 9.17) is 10.3 Å². The molecular weight excluding hydrogens is 154 g/mol. The van der Waals surface area contributed by atoms with E-state index >= 15 is 0 Å². The Hall–Kier alpha value is -1.71.